The van der Waals surface area contributed by atoms with E-state index in [9.17, 15) is 35.5 Å². The second-order valence-corrected chi connectivity index (χ2v) is 6.71. The van der Waals surface area contributed by atoms with Crippen LogP contribution in [-0.2, 0) is 5.67 Å². The van der Waals surface area contributed by atoms with Crippen molar-refractivity contribution in [3.63, 3.8) is 0 Å². The zero-order chi connectivity index (χ0) is 22.4. The Morgan fingerprint density at radius 3 is 1.76 bits per heavy atom. The molecule has 0 unspecified atom stereocenters. The van der Waals surface area contributed by atoms with Crippen LogP contribution in [0.2, 0.25) is 15.1 Å². The molecule has 2 aromatic rings. The third-order valence-electron chi connectivity index (χ3n) is 3.76. The van der Waals surface area contributed by atoms with Gasteiger partial charge in [-0.15, -0.1) is 0 Å². The lowest BCUT2D eigenvalue weighted by atomic mass is 9.92. The molecule has 0 aromatic heterocycles. The predicted octanol–water partition coefficient (Wildman–Crippen LogP) is 6.77. The maximum absolute atomic E-state index is 14.5. The van der Waals surface area contributed by atoms with Gasteiger partial charge in [0.15, 0.2) is 0 Å². The average molecular weight is 484 g/mol. The van der Waals surface area contributed by atoms with E-state index in [1.807, 2.05) is 0 Å². The number of carbonyl (C=O) groups is 1. The molecule has 3 N–H and O–H groups in total. The van der Waals surface area contributed by atoms with E-state index in [4.69, 9.17) is 40.5 Å². The first-order valence-electron chi connectivity index (χ1n) is 7.29. The molecular formula is C16H8Cl3F7N2O. The van der Waals surface area contributed by atoms with Crippen molar-refractivity contribution >= 4 is 52.1 Å². The second kappa shape index (κ2) is 7.73. The van der Waals surface area contributed by atoms with Gasteiger partial charge in [-0.1, -0.05) is 53.0 Å². The molecule has 158 valence electrons. The van der Waals surface area contributed by atoms with Crippen molar-refractivity contribution in [3.05, 3.63) is 56.5 Å². The number of rotatable bonds is 3. The minimum absolute atomic E-state index is 0.0452. The fourth-order valence-corrected chi connectivity index (χ4v) is 3.19. The summed E-state index contributed by atoms with van der Waals surface area (Å²) in [5, 5.41) is -1.53. The van der Waals surface area contributed by atoms with Gasteiger partial charge in [0.05, 0.1) is 32.0 Å². The van der Waals surface area contributed by atoms with Gasteiger partial charge in [-0.2, -0.15) is 26.3 Å². The van der Waals surface area contributed by atoms with Crippen LogP contribution in [0.3, 0.4) is 0 Å². The zero-order valence-corrected chi connectivity index (χ0v) is 15.9. The minimum Gasteiger partial charge on any atom is -0.397 e. The van der Waals surface area contributed by atoms with E-state index in [0.29, 0.717) is 0 Å². The van der Waals surface area contributed by atoms with Gasteiger partial charge in [0, 0.05) is 5.56 Å². The minimum atomic E-state index is -6.50. The monoisotopic (exact) mass is 482 g/mol. The quantitative estimate of drug-likeness (QED) is 0.288. The zero-order valence-electron chi connectivity index (χ0n) is 13.7. The lowest BCUT2D eigenvalue weighted by Gasteiger charge is -2.32. The summed E-state index contributed by atoms with van der Waals surface area (Å²) in [5.41, 5.74) is -5.02. The molecule has 0 bridgehead atoms. The molecule has 0 aliphatic carbocycles. The Balaban J connectivity index is 2.71. The second-order valence-electron chi connectivity index (χ2n) is 5.58. The molecular weight excluding hydrogens is 476 g/mol. The van der Waals surface area contributed by atoms with E-state index in [1.165, 1.54) is 24.3 Å². The maximum atomic E-state index is 14.5. The first-order chi connectivity index (χ1) is 13.1. The van der Waals surface area contributed by atoms with E-state index in [-0.39, 0.29) is 5.56 Å². The van der Waals surface area contributed by atoms with E-state index < -0.39 is 55.9 Å². The molecule has 0 aliphatic rings. The van der Waals surface area contributed by atoms with Gasteiger partial charge < -0.3 is 11.1 Å². The predicted molar refractivity (Wildman–Crippen MR) is 95.2 cm³/mol. The lowest BCUT2D eigenvalue weighted by Crippen LogP contribution is -2.51. The molecule has 2 rings (SSSR count). The highest BCUT2D eigenvalue weighted by atomic mass is 35.5. The fourth-order valence-electron chi connectivity index (χ4n) is 2.34. The number of nitrogens with one attached hydrogen (secondary N) is 1. The summed E-state index contributed by atoms with van der Waals surface area (Å²) in [4.78, 5) is 12.2. The SMILES string of the molecule is Nc1c(Cl)c(NC(=O)c2ccccc2)c(Cl)c(Cl)c1C(F)(C(F)(F)F)C(F)(F)F. The molecule has 0 fully saturated rings. The van der Waals surface area contributed by atoms with Crippen LogP contribution in [0.15, 0.2) is 30.3 Å². The Bertz CT molecular complexity index is 903. The van der Waals surface area contributed by atoms with E-state index in [0.717, 1.165) is 0 Å². The van der Waals surface area contributed by atoms with Crippen LogP contribution in [0, 0.1) is 0 Å². The van der Waals surface area contributed by atoms with Gasteiger partial charge in [0.1, 0.15) is 0 Å². The van der Waals surface area contributed by atoms with Crippen molar-refractivity contribution in [3.8, 4) is 0 Å². The van der Waals surface area contributed by atoms with Crippen LogP contribution in [-0.4, -0.2) is 18.3 Å². The van der Waals surface area contributed by atoms with Crippen LogP contribution in [0.25, 0.3) is 0 Å². The highest BCUT2D eigenvalue weighted by Crippen LogP contribution is 2.59. The number of carbonyl (C=O) groups excluding carboxylic acids is 1. The molecule has 0 radical (unpaired) electrons. The Kier molecular flexibility index (Phi) is 6.23. The number of alkyl halides is 7. The number of hydrogen-bond donors (Lipinski definition) is 2. The van der Waals surface area contributed by atoms with Crippen molar-refractivity contribution in [1.29, 1.82) is 0 Å². The van der Waals surface area contributed by atoms with Crippen molar-refractivity contribution in [1.82, 2.24) is 0 Å². The molecule has 0 aliphatic heterocycles. The molecule has 0 spiro atoms. The van der Waals surface area contributed by atoms with Gasteiger partial charge in [-0.3, -0.25) is 4.79 Å². The summed E-state index contributed by atoms with van der Waals surface area (Å²) < 4.78 is 92.9. The third-order valence-corrected chi connectivity index (χ3v) is 5.00. The van der Waals surface area contributed by atoms with Crippen molar-refractivity contribution in [2.45, 2.75) is 18.0 Å². The molecule has 13 heteroatoms. The summed E-state index contributed by atoms with van der Waals surface area (Å²) in [6.45, 7) is 0. The molecule has 0 heterocycles. The first kappa shape index (κ1) is 23.4. The van der Waals surface area contributed by atoms with Crippen LogP contribution in [0.4, 0.5) is 42.1 Å². The normalized spacial score (nSPS) is 12.8. The van der Waals surface area contributed by atoms with Crippen LogP contribution >= 0.6 is 34.8 Å². The average Bonchev–Trinajstić information content (AvgIpc) is 2.62. The largest absolute Gasteiger partial charge is 0.436 e. The highest BCUT2D eigenvalue weighted by Gasteiger charge is 2.75. The standard InChI is InChI=1S/C16H8Cl3F7N2O/c17-8-7(14(20,15(21,22)23)16(24,25)26)11(27)10(19)12(9(8)18)28-13(29)6-4-2-1-3-5-6/h1-5H,27H2,(H,28,29). The number of halogens is 10. The third kappa shape index (κ3) is 3.93. The summed E-state index contributed by atoms with van der Waals surface area (Å²) in [7, 11) is 0. The van der Waals surface area contributed by atoms with E-state index >= 15 is 0 Å². The van der Waals surface area contributed by atoms with Crippen LogP contribution in [0.1, 0.15) is 15.9 Å². The summed E-state index contributed by atoms with van der Waals surface area (Å²) in [6, 6.07) is 7.22. The summed E-state index contributed by atoms with van der Waals surface area (Å²) in [5.74, 6) is -0.879. The van der Waals surface area contributed by atoms with Crippen molar-refractivity contribution in [2.24, 2.45) is 0 Å². The Morgan fingerprint density at radius 1 is 0.828 bits per heavy atom. The maximum Gasteiger partial charge on any atom is 0.436 e. The number of hydrogen-bond acceptors (Lipinski definition) is 2. The lowest BCUT2D eigenvalue weighted by molar-refractivity contribution is -0.348. The molecule has 29 heavy (non-hydrogen) atoms. The molecule has 0 saturated heterocycles. The van der Waals surface area contributed by atoms with Gasteiger partial charge in [-0.25, -0.2) is 4.39 Å². The Labute approximate surface area is 173 Å². The van der Waals surface area contributed by atoms with Crippen LogP contribution < -0.4 is 11.1 Å². The van der Waals surface area contributed by atoms with Gasteiger partial charge in [-0.05, 0) is 12.1 Å². The van der Waals surface area contributed by atoms with E-state index in [1.54, 1.807) is 6.07 Å². The fraction of sp³-hybridized carbons (Fsp3) is 0.188. The summed E-state index contributed by atoms with van der Waals surface area (Å²) >= 11 is 17.0. The smallest absolute Gasteiger partial charge is 0.397 e. The molecule has 0 saturated carbocycles. The molecule has 3 nitrogen and oxygen atoms in total. The van der Waals surface area contributed by atoms with Gasteiger partial charge in [0.2, 0.25) is 0 Å². The topological polar surface area (TPSA) is 55.1 Å². The number of anilines is 2. The number of nitrogen functional groups attached to an aromatic ring is 1. The van der Waals surface area contributed by atoms with Gasteiger partial charge >= 0.3 is 18.0 Å². The number of nitrogens with two attached hydrogens (primary N) is 1. The molecule has 1 amide bonds. The van der Waals surface area contributed by atoms with Gasteiger partial charge in [0.25, 0.3) is 5.91 Å². The summed E-state index contributed by atoms with van der Waals surface area (Å²) in [6.07, 6.45) is -13.0. The number of benzene rings is 2. The van der Waals surface area contributed by atoms with Crippen LogP contribution in [0.5, 0.6) is 0 Å². The van der Waals surface area contributed by atoms with E-state index in [2.05, 4.69) is 5.32 Å². The molecule has 0 atom stereocenters. The molecule has 2 aromatic carbocycles. The van der Waals surface area contributed by atoms with Crippen molar-refractivity contribution in [2.75, 3.05) is 11.1 Å². The first-order valence-corrected chi connectivity index (χ1v) is 8.43. The Morgan fingerprint density at radius 2 is 1.31 bits per heavy atom. The van der Waals surface area contributed by atoms with Crippen molar-refractivity contribution < 1.29 is 35.5 Å². The number of amides is 1. The highest BCUT2D eigenvalue weighted by molar-refractivity contribution is 6.48. The Hall–Kier alpha value is -1.91.